The highest BCUT2D eigenvalue weighted by molar-refractivity contribution is 7.89. The number of imidazole rings is 1. The number of alkyl halides is 3. The van der Waals surface area contributed by atoms with Gasteiger partial charge in [-0.3, -0.25) is 10.2 Å². The molecule has 27 heavy (non-hydrogen) atoms. The molecule has 0 saturated heterocycles. The van der Waals surface area contributed by atoms with Crippen LogP contribution in [-0.2, 0) is 27.5 Å². The van der Waals surface area contributed by atoms with Crippen LogP contribution in [0.5, 0.6) is 0 Å². The third kappa shape index (κ3) is 4.09. The van der Waals surface area contributed by atoms with Crippen LogP contribution in [0.15, 0.2) is 59.8 Å². The van der Waals surface area contributed by atoms with E-state index in [-0.39, 0.29) is 6.54 Å². The molecule has 3 rings (SSSR count). The lowest BCUT2D eigenvalue weighted by atomic mass is 10.2. The van der Waals surface area contributed by atoms with Gasteiger partial charge >= 0.3 is 6.18 Å². The summed E-state index contributed by atoms with van der Waals surface area (Å²) in [4.78, 5) is 16.8. The molecule has 0 aliphatic heterocycles. The Bertz CT molecular complexity index is 1090. The predicted octanol–water partition coefficient (Wildman–Crippen LogP) is 2.06. The normalized spacial score (nSPS) is 12.3. The first kappa shape index (κ1) is 18.9. The minimum atomic E-state index is -4.86. The maximum atomic E-state index is 13.0. The number of carbonyl (C=O) groups is 1. The summed E-state index contributed by atoms with van der Waals surface area (Å²) in [5.74, 6) is -0.772. The van der Waals surface area contributed by atoms with E-state index in [1.165, 1.54) is 10.9 Å². The molecule has 0 unspecified atom stereocenters. The molecular weight excluding hydrogens is 385 g/mol. The van der Waals surface area contributed by atoms with E-state index in [0.717, 1.165) is 18.2 Å². The summed E-state index contributed by atoms with van der Waals surface area (Å²) in [6.45, 7) is -0.274. The van der Waals surface area contributed by atoms with Crippen molar-refractivity contribution >= 4 is 27.0 Å². The molecule has 0 saturated carbocycles. The van der Waals surface area contributed by atoms with Gasteiger partial charge in [0.25, 0.3) is 15.9 Å². The number of para-hydroxylation sites is 2. The molecule has 0 fully saturated rings. The molecule has 0 aliphatic carbocycles. The van der Waals surface area contributed by atoms with E-state index in [1.54, 1.807) is 29.1 Å². The smallest absolute Gasteiger partial charge is 0.321 e. The molecule has 2 N–H and O–H groups in total. The molecule has 0 spiro atoms. The molecule has 0 atom stereocenters. The Kier molecular flexibility index (Phi) is 4.89. The largest absolute Gasteiger partial charge is 0.417 e. The Labute approximate surface area is 151 Å². The fourth-order valence-corrected chi connectivity index (χ4v) is 3.53. The minimum Gasteiger partial charge on any atom is -0.321 e. The predicted molar refractivity (Wildman–Crippen MR) is 89.6 cm³/mol. The zero-order valence-corrected chi connectivity index (χ0v) is 14.4. The monoisotopic (exact) mass is 398 g/mol. The summed E-state index contributed by atoms with van der Waals surface area (Å²) < 4.78 is 64.8. The van der Waals surface area contributed by atoms with Crippen molar-refractivity contribution in [3.05, 3.63) is 60.4 Å². The first-order chi connectivity index (χ1) is 12.7. The molecule has 7 nitrogen and oxygen atoms in total. The van der Waals surface area contributed by atoms with E-state index in [4.69, 9.17) is 0 Å². The summed E-state index contributed by atoms with van der Waals surface area (Å²) in [6.07, 6.45) is -3.46. The van der Waals surface area contributed by atoms with Crippen molar-refractivity contribution in [2.45, 2.75) is 17.6 Å². The average molecular weight is 398 g/mol. The number of nitrogens with one attached hydrogen (secondary N) is 2. The zero-order chi connectivity index (χ0) is 19.7. The standard InChI is InChI=1S/C16H13F3N4O3S/c17-16(18,19)11-5-1-4-8-14(11)27(25,26)22-21-15(24)9-23-10-20-12-6-2-3-7-13(12)23/h1-8,10,22H,9H2,(H,21,24). The van der Waals surface area contributed by atoms with Gasteiger partial charge in [0.15, 0.2) is 0 Å². The number of halogens is 3. The van der Waals surface area contributed by atoms with Crippen LogP contribution in [0.2, 0.25) is 0 Å². The second-order valence-corrected chi connectivity index (χ2v) is 7.16. The van der Waals surface area contributed by atoms with E-state index in [1.807, 2.05) is 5.43 Å². The van der Waals surface area contributed by atoms with Crippen molar-refractivity contribution in [3.8, 4) is 0 Å². The van der Waals surface area contributed by atoms with Crippen molar-refractivity contribution in [3.63, 3.8) is 0 Å². The summed E-state index contributed by atoms with van der Waals surface area (Å²) in [6, 6.07) is 10.7. The summed E-state index contributed by atoms with van der Waals surface area (Å²) in [7, 11) is -4.62. The van der Waals surface area contributed by atoms with Crippen LogP contribution in [0, 0.1) is 0 Å². The van der Waals surface area contributed by atoms with Crippen molar-refractivity contribution in [2.24, 2.45) is 0 Å². The number of hydrazine groups is 1. The molecule has 0 bridgehead atoms. The molecule has 11 heteroatoms. The summed E-state index contributed by atoms with van der Waals surface area (Å²) >= 11 is 0. The van der Waals surface area contributed by atoms with Crippen LogP contribution in [0.1, 0.15) is 5.56 Å². The van der Waals surface area contributed by atoms with Gasteiger partial charge in [0.05, 0.1) is 27.8 Å². The number of amides is 1. The SMILES string of the molecule is O=C(Cn1cnc2ccccc21)NNS(=O)(=O)c1ccccc1C(F)(F)F. The first-order valence-electron chi connectivity index (χ1n) is 7.55. The van der Waals surface area contributed by atoms with E-state index < -0.39 is 32.6 Å². The number of aromatic nitrogens is 2. The van der Waals surface area contributed by atoms with Gasteiger partial charge in [-0.25, -0.2) is 13.4 Å². The van der Waals surface area contributed by atoms with Crippen molar-refractivity contribution in [1.82, 2.24) is 19.8 Å². The number of hydrogen-bond donors (Lipinski definition) is 2. The number of carbonyl (C=O) groups excluding carboxylic acids is 1. The fraction of sp³-hybridized carbons (Fsp3) is 0.125. The van der Waals surface area contributed by atoms with E-state index in [0.29, 0.717) is 17.1 Å². The molecule has 142 valence electrons. The Morgan fingerprint density at radius 2 is 1.74 bits per heavy atom. The average Bonchev–Trinajstić information content (AvgIpc) is 3.02. The highest BCUT2D eigenvalue weighted by Crippen LogP contribution is 2.33. The van der Waals surface area contributed by atoms with E-state index >= 15 is 0 Å². The maximum Gasteiger partial charge on any atom is 0.417 e. The maximum absolute atomic E-state index is 13.0. The van der Waals surface area contributed by atoms with Crippen molar-refractivity contribution in [1.29, 1.82) is 0 Å². The van der Waals surface area contributed by atoms with Crippen LogP contribution < -0.4 is 10.3 Å². The van der Waals surface area contributed by atoms with Gasteiger partial charge in [-0.1, -0.05) is 24.3 Å². The Morgan fingerprint density at radius 1 is 1.07 bits per heavy atom. The molecule has 1 aromatic heterocycles. The zero-order valence-electron chi connectivity index (χ0n) is 13.6. The van der Waals surface area contributed by atoms with Gasteiger partial charge in [-0.05, 0) is 24.3 Å². The van der Waals surface area contributed by atoms with Crippen LogP contribution in [0.3, 0.4) is 0 Å². The van der Waals surface area contributed by atoms with Gasteiger partial charge in [-0.2, -0.15) is 13.2 Å². The quantitative estimate of drug-likeness (QED) is 0.644. The van der Waals surface area contributed by atoms with Gasteiger partial charge in [0.2, 0.25) is 0 Å². The van der Waals surface area contributed by atoms with Crippen LogP contribution in [0.25, 0.3) is 11.0 Å². The van der Waals surface area contributed by atoms with Gasteiger partial charge in [-0.15, -0.1) is 4.83 Å². The third-order valence-corrected chi connectivity index (χ3v) is 4.95. The van der Waals surface area contributed by atoms with Crippen LogP contribution >= 0.6 is 0 Å². The molecule has 1 heterocycles. The highest BCUT2D eigenvalue weighted by Gasteiger charge is 2.36. The number of hydrogen-bond acceptors (Lipinski definition) is 4. The van der Waals surface area contributed by atoms with Crippen molar-refractivity contribution in [2.75, 3.05) is 0 Å². The lowest BCUT2D eigenvalue weighted by Gasteiger charge is -2.14. The fourth-order valence-electron chi connectivity index (χ4n) is 2.44. The Hall–Kier alpha value is -2.92. The molecule has 2 aromatic carbocycles. The lowest BCUT2D eigenvalue weighted by Crippen LogP contribution is -2.43. The number of sulfonamides is 1. The van der Waals surface area contributed by atoms with E-state index in [2.05, 4.69) is 4.98 Å². The Morgan fingerprint density at radius 3 is 2.48 bits per heavy atom. The number of rotatable bonds is 5. The van der Waals surface area contributed by atoms with Gasteiger partial charge < -0.3 is 4.57 Å². The minimum absolute atomic E-state index is 0.274. The Balaban J connectivity index is 1.73. The summed E-state index contributed by atoms with van der Waals surface area (Å²) in [5, 5.41) is 0. The molecule has 0 radical (unpaired) electrons. The summed E-state index contributed by atoms with van der Waals surface area (Å²) in [5.41, 5.74) is 1.88. The van der Waals surface area contributed by atoms with Gasteiger partial charge in [0.1, 0.15) is 6.54 Å². The lowest BCUT2D eigenvalue weighted by molar-refractivity contribution is -0.139. The number of fused-ring (bicyclic) bond motifs is 1. The third-order valence-electron chi connectivity index (χ3n) is 3.65. The second-order valence-electron chi connectivity index (χ2n) is 5.51. The van der Waals surface area contributed by atoms with E-state index in [9.17, 15) is 26.4 Å². The number of benzene rings is 2. The highest BCUT2D eigenvalue weighted by atomic mass is 32.2. The topological polar surface area (TPSA) is 93.1 Å². The molecular formula is C16H13F3N4O3S. The van der Waals surface area contributed by atoms with Gasteiger partial charge in [0, 0.05) is 0 Å². The molecule has 0 aliphatic rings. The second kappa shape index (κ2) is 7.00. The van der Waals surface area contributed by atoms with Crippen LogP contribution in [-0.4, -0.2) is 23.9 Å². The van der Waals surface area contributed by atoms with Crippen molar-refractivity contribution < 1.29 is 26.4 Å². The number of nitrogens with zero attached hydrogens (tertiary/aromatic N) is 2. The molecule has 3 aromatic rings. The first-order valence-corrected chi connectivity index (χ1v) is 9.03. The molecule has 1 amide bonds. The van der Waals surface area contributed by atoms with Crippen LogP contribution in [0.4, 0.5) is 13.2 Å².